The molecule has 0 bridgehead atoms. The van der Waals surface area contributed by atoms with Gasteiger partial charge in [-0.25, -0.2) is 0 Å². The predicted octanol–water partition coefficient (Wildman–Crippen LogP) is 1.42. The third kappa shape index (κ3) is 2.62. The summed E-state index contributed by atoms with van der Waals surface area (Å²) in [6.07, 6.45) is -0.730. The number of phenols is 1. The van der Waals surface area contributed by atoms with Crippen molar-refractivity contribution in [1.29, 1.82) is 0 Å². The first-order chi connectivity index (χ1) is 7.11. The molecule has 0 aliphatic rings. The smallest absolute Gasteiger partial charge is 0.167 e. The molecule has 1 unspecified atom stereocenters. The first kappa shape index (κ1) is 12.3. The Bertz CT molecular complexity index is 344. The van der Waals surface area contributed by atoms with Crippen molar-refractivity contribution >= 4 is 15.9 Å². The summed E-state index contributed by atoms with van der Waals surface area (Å²) in [6.45, 7) is 0.387. The van der Waals surface area contributed by atoms with Crippen LogP contribution in [0.1, 0.15) is 11.7 Å². The SMILES string of the molecule is CNCC(O)c1c(Br)ccc(O)c1OC. The number of ether oxygens (including phenoxy) is 1. The Morgan fingerprint density at radius 3 is 2.73 bits per heavy atom. The van der Waals surface area contributed by atoms with Gasteiger partial charge in [0, 0.05) is 16.6 Å². The monoisotopic (exact) mass is 275 g/mol. The van der Waals surface area contributed by atoms with Gasteiger partial charge in [0.05, 0.1) is 13.2 Å². The Kier molecular flexibility index (Phi) is 4.38. The summed E-state index contributed by atoms with van der Waals surface area (Å²) in [7, 11) is 3.20. The highest BCUT2D eigenvalue weighted by atomic mass is 79.9. The third-order valence-corrected chi connectivity index (χ3v) is 2.75. The van der Waals surface area contributed by atoms with Crippen LogP contribution in [0.2, 0.25) is 0 Å². The van der Waals surface area contributed by atoms with Crippen LogP contribution < -0.4 is 10.1 Å². The fourth-order valence-corrected chi connectivity index (χ4v) is 1.96. The van der Waals surface area contributed by atoms with E-state index >= 15 is 0 Å². The quantitative estimate of drug-likeness (QED) is 0.778. The van der Waals surface area contributed by atoms with Crippen LogP contribution in [0.15, 0.2) is 16.6 Å². The molecule has 0 saturated carbocycles. The maximum Gasteiger partial charge on any atom is 0.167 e. The zero-order chi connectivity index (χ0) is 11.4. The Hall–Kier alpha value is -0.780. The molecule has 1 aromatic carbocycles. The van der Waals surface area contributed by atoms with Gasteiger partial charge in [0.25, 0.3) is 0 Å². The van der Waals surface area contributed by atoms with Gasteiger partial charge in [0.1, 0.15) is 0 Å². The molecule has 84 valence electrons. The van der Waals surface area contributed by atoms with Crippen molar-refractivity contribution in [3.05, 3.63) is 22.2 Å². The van der Waals surface area contributed by atoms with Crippen LogP contribution >= 0.6 is 15.9 Å². The lowest BCUT2D eigenvalue weighted by atomic mass is 10.1. The van der Waals surface area contributed by atoms with Gasteiger partial charge in [-0.15, -0.1) is 0 Å². The van der Waals surface area contributed by atoms with Crippen LogP contribution in [-0.4, -0.2) is 30.9 Å². The lowest BCUT2D eigenvalue weighted by Gasteiger charge is -2.17. The standard InChI is InChI=1S/C10H14BrNO3/c1-12-5-8(14)9-6(11)3-4-7(13)10(9)15-2/h3-4,8,12-14H,5H2,1-2H3. The van der Waals surface area contributed by atoms with Crippen molar-refractivity contribution in [2.24, 2.45) is 0 Å². The number of hydrogen-bond acceptors (Lipinski definition) is 4. The molecular formula is C10H14BrNO3. The lowest BCUT2D eigenvalue weighted by Crippen LogP contribution is -2.17. The van der Waals surface area contributed by atoms with Crippen LogP contribution in [-0.2, 0) is 0 Å². The van der Waals surface area contributed by atoms with E-state index in [-0.39, 0.29) is 5.75 Å². The van der Waals surface area contributed by atoms with Crippen molar-refractivity contribution in [2.75, 3.05) is 20.7 Å². The molecule has 0 saturated heterocycles. The average Bonchev–Trinajstić information content (AvgIpc) is 2.21. The molecule has 0 aromatic heterocycles. The van der Waals surface area contributed by atoms with Gasteiger partial charge in [-0.2, -0.15) is 0 Å². The van der Waals surface area contributed by atoms with E-state index < -0.39 is 6.10 Å². The number of likely N-dealkylation sites (N-methyl/N-ethyl adjacent to an activating group) is 1. The molecule has 1 atom stereocenters. The van der Waals surface area contributed by atoms with E-state index in [0.29, 0.717) is 22.3 Å². The molecule has 1 rings (SSSR count). The number of rotatable bonds is 4. The van der Waals surface area contributed by atoms with Gasteiger partial charge < -0.3 is 20.3 Å². The Morgan fingerprint density at radius 1 is 1.53 bits per heavy atom. The van der Waals surface area contributed by atoms with Gasteiger partial charge in [-0.05, 0) is 19.2 Å². The minimum absolute atomic E-state index is 0.0193. The average molecular weight is 276 g/mol. The lowest BCUT2D eigenvalue weighted by molar-refractivity contribution is 0.171. The van der Waals surface area contributed by atoms with Gasteiger partial charge in [0.2, 0.25) is 0 Å². The van der Waals surface area contributed by atoms with Crippen LogP contribution in [0.25, 0.3) is 0 Å². The normalized spacial score (nSPS) is 12.5. The number of aromatic hydroxyl groups is 1. The second-order valence-electron chi connectivity index (χ2n) is 3.09. The summed E-state index contributed by atoms with van der Waals surface area (Å²) in [4.78, 5) is 0. The second-order valence-corrected chi connectivity index (χ2v) is 3.94. The van der Waals surface area contributed by atoms with Gasteiger partial charge >= 0.3 is 0 Å². The van der Waals surface area contributed by atoms with Crippen molar-refractivity contribution in [3.63, 3.8) is 0 Å². The number of hydrogen-bond donors (Lipinski definition) is 3. The fourth-order valence-electron chi connectivity index (χ4n) is 1.38. The minimum atomic E-state index is -0.730. The van der Waals surface area contributed by atoms with E-state index in [2.05, 4.69) is 21.2 Å². The fraction of sp³-hybridized carbons (Fsp3) is 0.400. The second kappa shape index (κ2) is 5.34. The van der Waals surface area contributed by atoms with Gasteiger partial charge in [-0.1, -0.05) is 15.9 Å². The molecule has 0 amide bonds. The minimum Gasteiger partial charge on any atom is -0.504 e. The van der Waals surface area contributed by atoms with Crippen LogP contribution in [0, 0.1) is 0 Å². The molecule has 0 aliphatic heterocycles. The van der Waals surface area contributed by atoms with E-state index in [1.807, 2.05) is 0 Å². The zero-order valence-corrected chi connectivity index (χ0v) is 10.2. The van der Waals surface area contributed by atoms with E-state index in [4.69, 9.17) is 4.74 Å². The summed E-state index contributed by atoms with van der Waals surface area (Å²) in [5.74, 6) is 0.318. The van der Waals surface area contributed by atoms with Crippen LogP contribution in [0.3, 0.4) is 0 Å². The molecule has 0 heterocycles. The maximum atomic E-state index is 9.85. The highest BCUT2D eigenvalue weighted by molar-refractivity contribution is 9.10. The van der Waals surface area contributed by atoms with Crippen molar-refractivity contribution in [2.45, 2.75) is 6.10 Å². The molecular weight excluding hydrogens is 262 g/mol. The molecule has 0 aliphatic carbocycles. The van der Waals surface area contributed by atoms with E-state index in [0.717, 1.165) is 0 Å². The summed E-state index contributed by atoms with van der Waals surface area (Å²) in [5.41, 5.74) is 0.548. The number of benzene rings is 1. The Balaban J connectivity index is 3.18. The molecule has 0 fully saturated rings. The molecule has 15 heavy (non-hydrogen) atoms. The number of nitrogens with one attached hydrogen (secondary N) is 1. The molecule has 5 heteroatoms. The largest absolute Gasteiger partial charge is 0.504 e. The number of phenolic OH excluding ortho intramolecular Hbond substituents is 1. The molecule has 0 spiro atoms. The summed E-state index contributed by atoms with van der Waals surface area (Å²) >= 11 is 3.31. The van der Waals surface area contributed by atoms with Crippen LogP contribution in [0.4, 0.5) is 0 Å². The Labute approximate surface area is 97.0 Å². The molecule has 1 aromatic rings. The van der Waals surface area contributed by atoms with Crippen molar-refractivity contribution in [3.8, 4) is 11.5 Å². The number of aliphatic hydroxyl groups excluding tert-OH is 1. The highest BCUT2D eigenvalue weighted by Crippen LogP contribution is 2.38. The van der Waals surface area contributed by atoms with Gasteiger partial charge in [0.15, 0.2) is 11.5 Å². The van der Waals surface area contributed by atoms with E-state index in [1.54, 1.807) is 13.1 Å². The third-order valence-electron chi connectivity index (χ3n) is 2.06. The number of aliphatic hydroxyl groups is 1. The first-order valence-electron chi connectivity index (χ1n) is 4.49. The van der Waals surface area contributed by atoms with E-state index in [1.165, 1.54) is 13.2 Å². The first-order valence-corrected chi connectivity index (χ1v) is 5.29. The van der Waals surface area contributed by atoms with Crippen LogP contribution in [0.5, 0.6) is 11.5 Å². The highest BCUT2D eigenvalue weighted by Gasteiger charge is 2.19. The molecule has 4 nitrogen and oxygen atoms in total. The van der Waals surface area contributed by atoms with Crippen molar-refractivity contribution in [1.82, 2.24) is 5.32 Å². The number of methoxy groups -OCH3 is 1. The van der Waals surface area contributed by atoms with Crippen molar-refractivity contribution < 1.29 is 14.9 Å². The Morgan fingerprint density at radius 2 is 2.20 bits per heavy atom. The predicted molar refractivity (Wildman–Crippen MR) is 61.2 cm³/mol. The number of halogens is 1. The summed E-state index contributed by atoms with van der Waals surface area (Å²) in [6, 6.07) is 3.19. The zero-order valence-electron chi connectivity index (χ0n) is 8.62. The topological polar surface area (TPSA) is 61.7 Å². The molecule has 0 radical (unpaired) electrons. The molecule has 3 N–H and O–H groups in total. The maximum absolute atomic E-state index is 9.85. The van der Waals surface area contributed by atoms with E-state index in [9.17, 15) is 10.2 Å². The summed E-state index contributed by atoms with van der Waals surface area (Å²) < 4.78 is 5.76. The summed E-state index contributed by atoms with van der Waals surface area (Å²) in [5, 5.41) is 22.3. The van der Waals surface area contributed by atoms with Gasteiger partial charge in [-0.3, -0.25) is 0 Å².